The predicted molar refractivity (Wildman–Crippen MR) is 72.9 cm³/mol. The van der Waals surface area contributed by atoms with Gasteiger partial charge in [0.05, 0.1) is 0 Å². The molecule has 0 saturated heterocycles. The Balaban J connectivity index is 2.16. The van der Waals surface area contributed by atoms with Crippen LogP contribution >= 0.6 is 0 Å². The Bertz CT molecular complexity index is 537. The smallest absolute Gasteiger partial charge is 0.150 e. The lowest BCUT2D eigenvalue weighted by molar-refractivity contribution is 0.112. The molecule has 3 nitrogen and oxygen atoms in total. The molecule has 2 rings (SSSR count). The van der Waals surface area contributed by atoms with E-state index in [1.54, 1.807) is 6.20 Å². The first-order valence-electron chi connectivity index (χ1n) is 5.86. The van der Waals surface area contributed by atoms with Gasteiger partial charge in [0.2, 0.25) is 0 Å². The summed E-state index contributed by atoms with van der Waals surface area (Å²) >= 11 is 0. The predicted octanol–water partition coefficient (Wildman–Crippen LogP) is 2.84. The zero-order chi connectivity index (χ0) is 13.0. The molecule has 0 radical (unpaired) electrons. The number of benzene rings is 1. The molecule has 1 aromatic carbocycles. The van der Waals surface area contributed by atoms with Crippen molar-refractivity contribution in [2.24, 2.45) is 0 Å². The molecule has 92 valence electrons. The Morgan fingerprint density at radius 1 is 1.33 bits per heavy atom. The van der Waals surface area contributed by atoms with Gasteiger partial charge in [-0.3, -0.25) is 9.78 Å². The van der Waals surface area contributed by atoms with E-state index in [2.05, 4.69) is 16.0 Å². The van der Waals surface area contributed by atoms with E-state index in [4.69, 9.17) is 0 Å². The van der Waals surface area contributed by atoms with Gasteiger partial charge in [-0.2, -0.15) is 0 Å². The number of rotatable bonds is 4. The van der Waals surface area contributed by atoms with Crippen molar-refractivity contribution in [3.05, 3.63) is 59.4 Å². The minimum atomic E-state index is 0.744. The molecule has 3 heteroatoms. The van der Waals surface area contributed by atoms with Gasteiger partial charge in [-0.1, -0.05) is 6.07 Å². The summed E-state index contributed by atoms with van der Waals surface area (Å²) in [4.78, 5) is 17.0. The molecule has 0 atom stereocenters. The van der Waals surface area contributed by atoms with Gasteiger partial charge >= 0.3 is 0 Å². The maximum atomic E-state index is 10.8. The Labute approximate surface area is 107 Å². The number of aromatic nitrogens is 1. The Morgan fingerprint density at radius 2 is 2.17 bits per heavy atom. The summed E-state index contributed by atoms with van der Waals surface area (Å²) in [6, 6.07) is 9.84. The minimum absolute atomic E-state index is 0.744. The third-order valence-electron chi connectivity index (χ3n) is 2.96. The molecule has 0 bridgehead atoms. The monoisotopic (exact) mass is 240 g/mol. The number of aryl methyl sites for hydroxylation is 1. The number of hydrogen-bond donors (Lipinski definition) is 0. The average Bonchev–Trinajstić information content (AvgIpc) is 2.39. The summed E-state index contributed by atoms with van der Waals surface area (Å²) in [6.45, 7) is 2.75. The summed E-state index contributed by atoms with van der Waals surface area (Å²) in [6.07, 6.45) is 4.52. The highest BCUT2D eigenvalue weighted by Crippen LogP contribution is 2.18. The number of carbonyl (C=O) groups is 1. The lowest BCUT2D eigenvalue weighted by atomic mass is 10.1. The van der Waals surface area contributed by atoms with Crippen LogP contribution in [-0.4, -0.2) is 18.3 Å². The molecule has 1 heterocycles. The largest absolute Gasteiger partial charge is 0.370 e. The van der Waals surface area contributed by atoms with Crippen LogP contribution in [0.25, 0.3) is 0 Å². The van der Waals surface area contributed by atoms with E-state index in [0.717, 1.165) is 35.2 Å². The third-order valence-corrected chi connectivity index (χ3v) is 2.96. The normalized spacial score (nSPS) is 10.1. The van der Waals surface area contributed by atoms with Crippen molar-refractivity contribution >= 4 is 12.0 Å². The van der Waals surface area contributed by atoms with Crippen molar-refractivity contribution in [3.63, 3.8) is 0 Å². The van der Waals surface area contributed by atoms with Crippen LogP contribution in [-0.2, 0) is 6.54 Å². The van der Waals surface area contributed by atoms with Crippen LogP contribution in [0.15, 0.2) is 42.7 Å². The quantitative estimate of drug-likeness (QED) is 0.770. The van der Waals surface area contributed by atoms with Crippen molar-refractivity contribution in [2.75, 3.05) is 11.9 Å². The number of aldehydes is 1. The van der Waals surface area contributed by atoms with Crippen LogP contribution in [0.5, 0.6) is 0 Å². The number of hydrogen-bond acceptors (Lipinski definition) is 3. The Kier molecular flexibility index (Phi) is 3.72. The minimum Gasteiger partial charge on any atom is -0.370 e. The van der Waals surface area contributed by atoms with E-state index < -0.39 is 0 Å². The fourth-order valence-electron chi connectivity index (χ4n) is 1.89. The van der Waals surface area contributed by atoms with Crippen molar-refractivity contribution in [1.29, 1.82) is 0 Å². The third kappa shape index (κ3) is 2.74. The van der Waals surface area contributed by atoms with Gasteiger partial charge in [-0.05, 0) is 42.3 Å². The van der Waals surface area contributed by atoms with E-state index in [0.29, 0.717) is 0 Å². The molecular weight excluding hydrogens is 224 g/mol. The summed E-state index contributed by atoms with van der Waals surface area (Å²) in [5.74, 6) is 0. The van der Waals surface area contributed by atoms with Crippen LogP contribution in [0.3, 0.4) is 0 Å². The molecule has 0 amide bonds. The first kappa shape index (κ1) is 12.3. The second-order valence-corrected chi connectivity index (χ2v) is 4.38. The van der Waals surface area contributed by atoms with E-state index in [-0.39, 0.29) is 0 Å². The molecule has 0 unspecified atom stereocenters. The van der Waals surface area contributed by atoms with Crippen LogP contribution in [0.4, 0.5) is 5.69 Å². The van der Waals surface area contributed by atoms with Crippen LogP contribution in [0.1, 0.15) is 21.5 Å². The second kappa shape index (κ2) is 5.45. The van der Waals surface area contributed by atoms with Crippen LogP contribution < -0.4 is 4.90 Å². The van der Waals surface area contributed by atoms with E-state index in [1.165, 1.54) is 0 Å². The molecule has 0 aliphatic heterocycles. The fraction of sp³-hybridized carbons (Fsp3) is 0.200. The average molecular weight is 240 g/mol. The zero-order valence-corrected chi connectivity index (χ0v) is 10.6. The summed E-state index contributed by atoms with van der Waals surface area (Å²) < 4.78 is 0. The van der Waals surface area contributed by atoms with Crippen LogP contribution in [0.2, 0.25) is 0 Å². The molecule has 0 spiro atoms. The van der Waals surface area contributed by atoms with Gasteiger partial charge in [0, 0.05) is 37.2 Å². The topological polar surface area (TPSA) is 33.2 Å². The molecule has 0 aliphatic carbocycles. The van der Waals surface area contributed by atoms with Crippen molar-refractivity contribution in [1.82, 2.24) is 4.98 Å². The van der Waals surface area contributed by atoms with E-state index >= 15 is 0 Å². The molecule has 0 N–H and O–H groups in total. The van der Waals surface area contributed by atoms with Crippen molar-refractivity contribution in [3.8, 4) is 0 Å². The van der Waals surface area contributed by atoms with Gasteiger partial charge < -0.3 is 4.90 Å². The number of anilines is 1. The standard InChI is InChI=1S/C15H16N2O/c1-12-8-15(6-5-14(12)11-18)17(2)10-13-4-3-7-16-9-13/h3-9,11H,10H2,1-2H3. The van der Waals surface area contributed by atoms with Gasteiger partial charge in [0.15, 0.2) is 0 Å². The van der Waals surface area contributed by atoms with Gasteiger partial charge in [0.25, 0.3) is 0 Å². The molecule has 0 aliphatic rings. The van der Waals surface area contributed by atoms with Crippen molar-refractivity contribution < 1.29 is 4.79 Å². The highest BCUT2D eigenvalue weighted by atomic mass is 16.1. The Hall–Kier alpha value is -2.16. The van der Waals surface area contributed by atoms with Gasteiger partial charge in [-0.15, -0.1) is 0 Å². The first-order valence-corrected chi connectivity index (χ1v) is 5.86. The molecule has 0 fully saturated rings. The highest BCUT2D eigenvalue weighted by molar-refractivity contribution is 5.78. The molecule has 18 heavy (non-hydrogen) atoms. The maximum absolute atomic E-state index is 10.8. The van der Waals surface area contributed by atoms with Gasteiger partial charge in [-0.25, -0.2) is 0 Å². The fourth-order valence-corrected chi connectivity index (χ4v) is 1.89. The van der Waals surface area contributed by atoms with Gasteiger partial charge in [0.1, 0.15) is 6.29 Å². The molecule has 0 saturated carbocycles. The van der Waals surface area contributed by atoms with E-state index in [1.807, 2.05) is 44.4 Å². The highest BCUT2D eigenvalue weighted by Gasteiger charge is 2.04. The maximum Gasteiger partial charge on any atom is 0.150 e. The second-order valence-electron chi connectivity index (χ2n) is 4.38. The molecule has 1 aromatic heterocycles. The Morgan fingerprint density at radius 3 is 2.78 bits per heavy atom. The molecular formula is C15H16N2O. The lowest BCUT2D eigenvalue weighted by Crippen LogP contribution is -2.16. The number of nitrogens with zero attached hydrogens (tertiary/aromatic N) is 2. The van der Waals surface area contributed by atoms with E-state index in [9.17, 15) is 4.79 Å². The molecule has 2 aromatic rings. The summed E-state index contributed by atoms with van der Waals surface area (Å²) in [5.41, 5.74) is 4.01. The number of pyridine rings is 1. The summed E-state index contributed by atoms with van der Waals surface area (Å²) in [7, 11) is 2.03. The first-order chi connectivity index (χ1) is 8.70. The van der Waals surface area contributed by atoms with Crippen molar-refractivity contribution in [2.45, 2.75) is 13.5 Å². The number of carbonyl (C=O) groups excluding carboxylic acids is 1. The summed E-state index contributed by atoms with van der Waals surface area (Å²) in [5, 5.41) is 0. The SMILES string of the molecule is Cc1cc(N(C)Cc2cccnc2)ccc1C=O. The van der Waals surface area contributed by atoms with Crippen LogP contribution in [0, 0.1) is 6.92 Å². The zero-order valence-electron chi connectivity index (χ0n) is 10.6. The lowest BCUT2D eigenvalue weighted by Gasteiger charge is -2.20.